The fourth-order valence-electron chi connectivity index (χ4n) is 3.46. The number of benzene rings is 1. The molecule has 0 fully saturated rings. The molecule has 4 rings (SSSR count). The molecule has 154 valence electrons. The van der Waals surface area contributed by atoms with Crippen molar-refractivity contribution in [1.82, 2.24) is 14.3 Å². The smallest absolute Gasteiger partial charge is 0.338 e. The van der Waals surface area contributed by atoms with Gasteiger partial charge in [0, 0.05) is 18.8 Å². The van der Waals surface area contributed by atoms with Crippen LogP contribution in [0, 0.1) is 0 Å². The van der Waals surface area contributed by atoms with Gasteiger partial charge < -0.3 is 9.47 Å². The summed E-state index contributed by atoms with van der Waals surface area (Å²) in [4.78, 5) is 31.0. The number of thiazole rings is 1. The summed E-state index contributed by atoms with van der Waals surface area (Å²) in [7, 11) is 4.72. The Bertz CT molecular complexity index is 1330. The van der Waals surface area contributed by atoms with Crippen molar-refractivity contribution >= 4 is 23.4 Å². The Hall–Kier alpha value is -3.46. The summed E-state index contributed by atoms with van der Waals surface area (Å²) in [5.74, 6) is 0.168. The summed E-state index contributed by atoms with van der Waals surface area (Å²) in [6.07, 6.45) is 5.29. The van der Waals surface area contributed by atoms with Crippen molar-refractivity contribution in [3.8, 4) is 5.75 Å². The molecule has 1 aromatic carbocycles. The van der Waals surface area contributed by atoms with Gasteiger partial charge >= 0.3 is 5.97 Å². The highest BCUT2D eigenvalue weighted by Crippen LogP contribution is 2.31. The lowest BCUT2D eigenvalue weighted by atomic mass is 9.96. The summed E-state index contributed by atoms with van der Waals surface area (Å²) >= 11 is 1.28. The molecule has 1 atom stereocenters. The van der Waals surface area contributed by atoms with Crippen molar-refractivity contribution in [2.45, 2.75) is 13.0 Å². The largest absolute Gasteiger partial charge is 0.497 e. The second kappa shape index (κ2) is 7.75. The quantitative estimate of drug-likeness (QED) is 0.587. The number of allylic oxidation sites excluding steroid dienone is 1. The third-order valence-corrected chi connectivity index (χ3v) is 5.86. The van der Waals surface area contributed by atoms with Crippen LogP contribution in [-0.4, -0.2) is 34.5 Å². The highest BCUT2D eigenvalue weighted by Gasteiger charge is 2.33. The zero-order chi connectivity index (χ0) is 21.4. The lowest BCUT2D eigenvalue weighted by Gasteiger charge is -2.24. The molecule has 1 aliphatic heterocycles. The number of aryl methyl sites for hydroxylation is 1. The number of nitrogens with zero attached hydrogens (tertiary/aromatic N) is 4. The second-order valence-corrected chi connectivity index (χ2v) is 7.80. The summed E-state index contributed by atoms with van der Waals surface area (Å²) in [5.41, 5.74) is 2.21. The molecule has 0 saturated carbocycles. The molecular formula is C21H20N4O4S. The zero-order valence-electron chi connectivity index (χ0n) is 16.9. The van der Waals surface area contributed by atoms with E-state index in [1.807, 2.05) is 25.4 Å². The lowest BCUT2D eigenvalue weighted by Crippen LogP contribution is -2.39. The number of hydrogen-bond acceptors (Lipinski definition) is 7. The first-order valence-electron chi connectivity index (χ1n) is 9.16. The minimum Gasteiger partial charge on any atom is -0.497 e. The third-order valence-electron chi connectivity index (χ3n) is 4.88. The first kappa shape index (κ1) is 19.8. The average molecular weight is 424 g/mol. The van der Waals surface area contributed by atoms with Gasteiger partial charge in [-0.2, -0.15) is 5.10 Å². The number of fused-ring (bicyclic) bond motifs is 1. The first-order valence-corrected chi connectivity index (χ1v) is 9.98. The maximum absolute atomic E-state index is 13.4. The molecule has 0 bridgehead atoms. The van der Waals surface area contributed by atoms with Gasteiger partial charge in [0.1, 0.15) is 5.75 Å². The number of carbonyl (C=O) groups excluding carboxylic acids is 1. The van der Waals surface area contributed by atoms with Gasteiger partial charge in [-0.15, -0.1) is 0 Å². The average Bonchev–Trinajstić information content (AvgIpc) is 3.29. The molecule has 0 N–H and O–H groups in total. The fourth-order valence-corrected chi connectivity index (χ4v) is 4.51. The molecule has 3 heterocycles. The number of methoxy groups -OCH3 is 2. The van der Waals surface area contributed by atoms with Crippen molar-refractivity contribution in [3.63, 3.8) is 0 Å². The maximum Gasteiger partial charge on any atom is 0.338 e. The van der Waals surface area contributed by atoms with Crippen LogP contribution < -0.4 is 19.6 Å². The zero-order valence-corrected chi connectivity index (χ0v) is 17.8. The Labute approximate surface area is 176 Å². The monoisotopic (exact) mass is 424 g/mol. The number of esters is 1. The van der Waals surface area contributed by atoms with E-state index in [9.17, 15) is 9.59 Å². The molecule has 9 heteroatoms. The van der Waals surface area contributed by atoms with Crippen LogP contribution in [0.2, 0.25) is 0 Å². The Balaban J connectivity index is 1.96. The molecule has 0 spiro atoms. The number of aromatic nitrogens is 3. The van der Waals surface area contributed by atoms with E-state index in [0.29, 0.717) is 26.4 Å². The van der Waals surface area contributed by atoms with Crippen LogP contribution in [0.25, 0.3) is 6.08 Å². The highest BCUT2D eigenvalue weighted by atomic mass is 32.1. The van der Waals surface area contributed by atoms with E-state index in [1.54, 1.807) is 47.7 Å². The molecule has 30 heavy (non-hydrogen) atoms. The minimum absolute atomic E-state index is 0.225. The van der Waals surface area contributed by atoms with E-state index in [0.717, 1.165) is 11.1 Å². The summed E-state index contributed by atoms with van der Waals surface area (Å²) < 4.78 is 14.0. The van der Waals surface area contributed by atoms with Crippen molar-refractivity contribution < 1.29 is 14.3 Å². The van der Waals surface area contributed by atoms with Gasteiger partial charge in [-0.05, 0) is 30.7 Å². The molecule has 8 nitrogen and oxygen atoms in total. The molecule has 3 aromatic rings. The molecule has 0 aliphatic carbocycles. The van der Waals surface area contributed by atoms with Crippen LogP contribution in [0.15, 0.2) is 57.7 Å². The molecular weight excluding hydrogens is 404 g/mol. The van der Waals surface area contributed by atoms with Gasteiger partial charge in [0.25, 0.3) is 5.56 Å². The van der Waals surface area contributed by atoms with Crippen LogP contribution in [0.1, 0.15) is 24.1 Å². The molecule has 0 amide bonds. The predicted octanol–water partition coefficient (Wildman–Crippen LogP) is 1.15. The number of ether oxygens (including phenoxy) is 2. The van der Waals surface area contributed by atoms with Gasteiger partial charge in [0.2, 0.25) is 0 Å². The third kappa shape index (κ3) is 3.37. The Morgan fingerprint density at radius 2 is 1.97 bits per heavy atom. The van der Waals surface area contributed by atoms with Crippen LogP contribution in [0.3, 0.4) is 0 Å². The van der Waals surface area contributed by atoms with Gasteiger partial charge in [-0.1, -0.05) is 23.5 Å². The van der Waals surface area contributed by atoms with E-state index in [4.69, 9.17) is 9.47 Å². The minimum atomic E-state index is -0.643. The van der Waals surface area contributed by atoms with Gasteiger partial charge in [0.15, 0.2) is 4.80 Å². The number of rotatable bonds is 4. The molecule has 0 saturated heterocycles. The highest BCUT2D eigenvalue weighted by molar-refractivity contribution is 7.07. The summed E-state index contributed by atoms with van der Waals surface area (Å²) in [5, 5.41) is 4.14. The Morgan fingerprint density at radius 3 is 2.57 bits per heavy atom. The van der Waals surface area contributed by atoms with Crippen LogP contribution in [-0.2, 0) is 16.6 Å². The molecule has 1 aliphatic rings. The van der Waals surface area contributed by atoms with E-state index in [-0.39, 0.29) is 5.56 Å². The maximum atomic E-state index is 13.4. The molecule has 0 unspecified atom stereocenters. The van der Waals surface area contributed by atoms with Crippen LogP contribution in [0.5, 0.6) is 5.75 Å². The second-order valence-electron chi connectivity index (χ2n) is 6.79. The molecule has 2 aromatic heterocycles. The fraction of sp³-hybridized carbons (Fsp3) is 0.238. The Morgan fingerprint density at radius 1 is 1.23 bits per heavy atom. The van der Waals surface area contributed by atoms with Crippen molar-refractivity contribution in [1.29, 1.82) is 0 Å². The van der Waals surface area contributed by atoms with Gasteiger partial charge in [-0.25, -0.2) is 9.79 Å². The van der Waals surface area contributed by atoms with Crippen molar-refractivity contribution in [2.75, 3.05) is 14.2 Å². The SMILES string of the molecule is COC(=O)C1=C(C)N=c2s/c(=C/c3cnn(C)c3)c(=O)n2[C@H]1c1ccc(OC)cc1. The molecule has 0 radical (unpaired) electrons. The van der Waals surface area contributed by atoms with Gasteiger partial charge in [-0.3, -0.25) is 14.0 Å². The van der Waals surface area contributed by atoms with Crippen LogP contribution >= 0.6 is 11.3 Å². The number of carbonyl (C=O) groups is 1. The number of hydrogen-bond donors (Lipinski definition) is 0. The normalized spacial score (nSPS) is 16.3. The summed E-state index contributed by atoms with van der Waals surface area (Å²) in [6.45, 7) is 1.75. The van der Waals surface area contributed by atoms with E-state index < -0.39 is 12.0 Å². The topological polar surface area (TPSA) is 87.7 Å². The van der Waals surface area contributed by atoms with Crippen molar-refractivity contribution in [2.24, 2.45) is 12.0 Å². The van der Waals surface area contributed by atoms with Gasteiger partial charge in [0.05, 0.1) is 42.3 Å². The van der Waals surface area contributed by atoms with E-state index >= 15 is 0 Å². The van der Waals surface area contributed by atoms with Crippen molar-refractivity contribution in [3.05, 3.63) is 78.7 Å². The van der Waals surface area contributed by atoms with E-state index in [2.05, 4.69) is 10.1 Å². The Kier molecular flexibility index (Phi) is 5.13. The standard InChI is InChI=1S/C21H20N4O4S/c1-12-17(20(27)29-4)18(14-5-7-15(28-3)8-6-14)25-19(26)16(30-21(25)23-12)9-13-10-22-24(2)11-13/h5-11,18H,1-4H3/b16-9+/t18-/m0/s1. The predicted molar refractivity (Wildman–Crippen MR) is 112 cm³/mol. The first-order chi connectivity index (χ1) is 14.4. The lowest BCUT2D eigenvalue weighted by molar-refractivity contribution is -0.136. The summed E-state index contributed by atoms with van der Waals surface area (Å²) in [6, 6.07) is 6.62. The van der Waals surface area contributed by atoms with Crippen LogP contribution in [0.4, 0.5) is 0 Å². The van der Waals surface area contributed by atoms with E-state index in [1.165, 1.54) is 18.4 Å².